The summed E-state index contributed by atoms with van der Waals surface area (Å²) in [6.07, 6.45) is 9.56. The summed E-state index contributed by atoms with van der Waals surface area (Å²) in [5.74, 6) is 1.75. The number of aromatic nitrogens is 3. The number of nitrogens with two attached hydrogens (primary N) is 1. The van der Waals surface area contributed by atoms with E-state index in [2.05, 4.69) is 27.1 Å². The van der Waals surface area contributed by atoms with Crippen molar-refractivity contribution in [2.75, 3.05) is 16.8 Å². The van der Waals surface area contributed by atoms with Gasteiger partial charge in [-0.1, -0.05) is 17.7 Å². The molecular formula is C24H29ClN6. The Kier molecular flexibility index (Phi) is 6.99. The summed E-state index contributed by atoms with van der Waals surface area (Å²) in [4.78, 5) is 15.7. The quantitative estimate of drug-likeness (QED) is 0.548. The molecule has 7 heteroatoms. The Morgan fingerprint density at radius 2 is 1.90 bits per heavy atom. The van der Waals surface area contributed by atoms with Gasteiger partial charge in [0.15, 0.2) is 0 Å². The van der Waals surface area contributed by atoms with Gasteiger partial charge >= 0.3 is 0 Å². The molecule has 4 rings (SSSR count). The first kappa shape index (κ1) is 21.5. The highest BCUT2D eigenvalue weighted by molar-refractivity contribution is 6.33. The topological polar surface area (TPSA) is 80.0 Å². The van der Waals surface area contributed by atoms with Gasteiger partial charge in [0.2, 0.25) is 0 Å². The van der Waals surface area contributed by atoms with E-state index in [1.807, 2.05) is 48.8 Å². The molecule has 0 bridgehead atoms. The van der Waals surface area contributed by atoms with E-state index in [4.69, 9.17) is 22.3 Å². The number of anilines is 2. The minimum atomic E-state index is 0.326. The zero-order valence-electron chi connectivity index (χ0n) is 17.8. The SMILES string of the molecule is CCN(Cc1ccncc1)c1cccc(-c2cc(N[C@H]3CC[C@H](N)CC3)ncc2Cl)n1. The van der Waals surface area contributed by atoms with E-state index < -0.39 is 0 Å². The second kappa shape index (κ2) is 10.1. The molecule has 3 aromatic rings. The van der Waals surface area contributed by atoms with Crippen LogP contribution in [0.1, 0.15) is 38.2 Å². The lowest BCUT2D eigenvalue weighted by Gasteiger charge is -2.27. The summed E-state index contributed by atoms with van der Waals surface area (Å²) >= 11 is 6.52. The van der Waals surface area contributed by atoms with E-state index in [1.54, 1.807) is 6.20 Å². The van der Waals surface area contributed by atoms with Gasteiger partial charge in [-0.15, -0.1) is 0 Å². The van der Waals surface area contributed by atoms with E-state index in [0.29, 0.717) is 17.1 Å². The third kappa shape index (κ3) is 5.51. The summed E-state index contributed by atoms with van der Waals surface area (Å²) in [6.45, 7) is 3.75. The van der Waals surface area contributed by atoms with Gasteiger partial charge in [0, 0.05) is 49.3 Å². The first-order chi connectivity index (χ1) is 15.1. The molecule has 0 saturated heterocycles. The van der Waals surface area contributed by atoms with Gasteiger partial charge in [-0.3, -0.25) is 4.98 Å². The van der Waals surface area contributed by atoms with Crippen molar-refractivity contribution < 1.29 is 0 Å². The van der Waals surface area contributed by atoms with Gasteiger partial charge in [-0.05, 0) is 68.5 Å². The Labute approximate surface area is 188 Å². The van der Waals surface area contributed by atoms with Crippen LogP contribution in [0.2, 0.25) is 5.02 Å². The maximum Gasteiger partial charge on any atom is 0.129 e. The molecule has 1 aliphatic carbocycles. The van der Waals surface area contributed by atoms with E-state index in [-0.39, 0.29) is 0 Å². The van der Waals surface area contributed by atoms with Crippen molar-refractivity contribution in [2.24, 2.45) is 5.73 Å². The Bertz CT molecular complexity index is 988. The van der Waals surface area contributed by atoms with Crippen molar-refractivity contribution in [2.45, 2.75) is 51.2 Å². The molecule has 3 heterocycles. The number of pyridine rings is 3. The molecule has 0 aromatic carbocycles. The van der Waals surface area contributed by atoms with Crippen LogP contribution in [0, 0.1) is 0 Å². The molecule has 0 amide bonds. The molecule has 0 spiro atoms. The van der Waals surface area contributed by atoms with Crippen molar-refractivity contribution in [1.82, 2.24) is 15.0 Å². The standard InChI is InChI=1S/C24H29ClN6/c1-2-31(16-17-10-12-27-13-11-17)24-5-3-4-22(30-24)20-14-23(28-15-21(20)25)29-19-8-6-18(26)7-9-19/h3-5,10-15,18-19H,2,6-9,16,26H2,1H3,(H,28,29)/t18-,19-. The zero-order valence-corrected chi connectivity index (χ0v) is 18.6. The number of hydrogen-bond donors (Lipinski definition) is 2. The van der Waals surface area contributed by atoms with Crippen molar-refractivity contribution in [1.29, 1.82) is 0 Å². The fourth-order valence-corrected chi connectivity index (χ4v) is 4.20. The minimum absolute atomic E-state index is 0.326. The van der Waals surface area contributed by atoms with Crippen LogP contribution in [0.15, 0.2) is 55.0 Å². The normalized spacial score (nSPS) is 18.5. The number of hydrogen-bond acceptors (Lipinski definition) is 6. The fourth-order valence-electron chi connectivity index (χ4n) is 4.00. The molecule has 3 aromatic heterocycles. The molecule has 162 valence electrons. The zero-order chi connectivity index (χ0) is 21.6. The van der Waals surface area contributed by atoms with Crippen molar-refractivity contribution in [3.8, 4) is 11.3 Å². The predicted molar refractivity (Wildman–Crippen MR) is 127 cm³/mol. The van der Waals surface area contributed by atoms with Crippen LogP contribution in [0.5, 0.6) is 0 Å². The Hall–Kier alpha value is -2.70. The molecule has 6 nitrogen and oxygen atoms in total. The third-order valence-electron chi connectivity index (χ3n) is 5.82. The van der Waals surface area contributed by atoms with Crippen LogP contribution in [0.4, 0.5) is 11.6 Å². The van der Waals surface area contributed by atoms with E-state index in [0.717, 1.165) is 61.7 Å². The van der Waals surface area contributed by atoms with Gasteiger partial charge in [0.05, 0.1) is 10.7 Å². The van der Waals surface area contributed by atoms with Crippen LogP contribution in [-0.2, 0) is 6.54 Å². The Morgan fingerprint density at radius 1 is 1.13 bits per heavy atom. The molecule has 31 heavy (non-hydrogen) atoms. The number of nitrogens with one attached hydrogen (secondary N) is 1. The summed E-state index contributed by atoms with van der Waals surface area (Å²) in [5, 5.41) is 4.15. The van der Waals surface area contributed by atoms with Crippen LogP contribution >= 0.6 is 11.6 Å². The van der Waals surface area contributed by atoms with Crippen molar-refractivity contribution in [3.63, 3.8) is 0 Å². The fraction of sp³-hybridized carbons (Fsp3) is 0.375. The van der Waals surface area contributed by atoms with Gasteiger partial charge in [0.1, 0.15) is 11.6 Å². The van der Waals surface area contributed by atoms with Gasteiger partial charge in [-0.2, -0.15) is 0 Å². The summed E-state index contributed by atoms with van der Waals surface area (Å²) in [6, 6.07) is 12.8. The molecule has 0 unspecified atom stereocenters. The minimum Gasteiger partial charge on any atom is -0.367 e. The van der Waals surface area contributed by atoms with E-state index in [9.17, 15) is 0 Å². The van der Waals surface area contributed by atoms with Crippen molar-refractivity contribution in [3.05, 3.63) is 65.6 Å². The summed E-state index contributed by atoms with van der Waals surface area (Å²) < 4.78 is 0. The Morgan fingerprint density at radius 3 is 2.65 bits per heavy atom. The highest BCUT2D eigenvalue weighted by atomic mass is 35.5. The summed E-state index contributed by atoms with van der Waals surface area (Å²) in [5.41, 5.74) is 8.95. The molecule has 3 N–H and O–H groups in total. The highest BCUT2D eigenvalue weighted by Crippen LogP contribution is 2.30. The number of nitrogens with zero attached hydrogens (tertiary/aromatic N) is 4. The molecule has 1 saturated carbocycles. The largest absolute Gasteiger partial charge is 0.367 e. The Balaban J connectivity index is 1.55. The van der Waals surface area contributed by atoms with Crippen molar-refractivity contribution >= 4 is 23.2 Å². The lowest BCUT2D eigenvalue weighted by molar-refractivity contribution is 0.410. The average molecular weight is 437 g/mol. The predicted octanol–water partition coefficient (Wildman–Crippen LogP) is 4.90. The maximum absolute atomic E-state index is 6.52. The lowest BCUT2D eigenvalue weighted by atomic mass is 9.92. The highest BCUT2D eigenvalue weighted by Gasteiger charge is 2.19. The van der Waals surface area contributed by atoms with Gasteiger partial charge < -0.3 is 16.0 Å². The number of halogens is 1. The van der Waals surface area contributed by atoms with E-state index >= 15 is 0 Å². The van der Waals surface area contributed by atoms with E-state index in [1.165, 1.54) is 5.56 Å². The second-order valence-electron chi connectivity index (χ2n) is 8.06. The van der Waals surface area contributed by atoms with Gasteiger partial charge in [-0.25, -0.2) is 9.97 Å². The van der Waals surface area contributed by atoms with Crippen LogP contribution in [0.3, 0.4) is 0 Å². The molecule has 0 atom stereocenters. The first-order valence-corrected chi connectivity index (χ1v) is 11.3. The molecule has 0 radical (unpaired) electrons. The molecule has 0 aliphatic heterocycles. The third-order valence-corrected chi connectivity index (χ3v) is 6.12. The molecule has 1 fully saturated rings. The lowest BCUT2D eigenvalue weighted by Crippen LogP contribution is -2.33. The molecular weight excluding hydrogens is 408 g/mol. The monoisotopic (exact) mass is 436 g/mol. The maximum atomic E-state index is 6.52. The van der Waals surface area contributed by atoms with Crippen LogP contribution in [-0.4, -0.2) is 33.6 Å². The number of rotatable bonds is 7. The summed E-state index contributed by atoms with van der Waals surface area (Å²) in [7, 11) is 0. The smallest absolute Gasteiger partial charge is 0.129 e. The first-order valence-electron chi connectivity index (χ1n) is 10.9. The van der Waals surface area contributed by atoms with Gasteiger partial charge in [0.25, 0.3) is 0 Å². The second-order valence-corrected chi connectivity index (χ2v) is 8.46. The molecule has 1 aliphatic rings. The van der Waals surface area contributed by atoms with Crippen LogP contribution < -0.4 is 16.0 Å². The average Bonchev–Trinajstić information content (AvgIpc) is 2.81. The van der Waals surface area contributed by atoms with Crippen LogP contribution in [0.25, 0.3) is 11.3 Å².